The number of aryl methyl sites for hydroxylation is 1. The second-order valence-corrected chi connectivity index (χ2v) is 6.49. The van der Waals surface area contributed by atoms with Crippen molar-refractivity contribution >= 4 is 16.8 Å². The number of para-hydroxylation sites is 1. The number of carbonyl (C=O) groups excluding carboxylic acids is 1. The quantitative estimate of drug-likeness (QED) is 0.735. The Morgan fingerprint density at radius 2 is 2.12 bits per heavy atom. The molecular weight excluding hydrogens is 314 g/mol. The standard InChI is InChI=1S/C19H21N5O/c25-19(7-11-24-18-6-2-1-4-15(18)12-22-24)23-10-3-5-16(14-23)17-13-20-8-9-21-17/h1-2,4,6,8-9,12-13,16H,3,5,7,10-11,14H2/t16-/m1/s1. The van der Waals surface area contributed by atoms with E-state index in [0.717, 1.165) is 42.5 Å². The predicted molar refractivity (Wildman–Crippen MR) is 94.9 cm³/mol. The fraction of sp³-hybridized carbons (Fsp3) is 0.368. The molecule has 1 saturated heterocycles. The van der Waals surface area contributed by atoms with Gasteiger partial charge in [-0.05, 0) is 18.9 Å². The molecule has 0 spiro atoms. The highest BCUT2D eigenvalue weighted by atomic mass is 16.2. The number of hydrogen-bond acceptors (Lipinski definition) is 4. The molecule has 1 atom stereocenters. The SMILES string of the molecule is O=C(CCn1ncc2ccccc21)N1CCC[C@@H](c2cnccn2)C1. The molecule has 1 aliphatic heterocycles. The van der Waals surface area contributed by atoms with Crippen LogP contribution in [0.3, 0.4) is 0 Å². The maximum atomic E-state index is 12.7. The third-order valence-electron chi connectivity index (χ3n) is 4.86. The Morgan fingerprint density at radius 3 is 3.00 bits per heavy atom. The van der Waals surface area contributed by atoms with E-state index in [-0.39, 0.29) is 11.8 Å². The molecule has 2 aromatic heterocycles. The molecule has 1 fully saturated rings. The van der Waals surface area contributed by atoms with E-state index in [4.69, 9.17) is 0 Å². The zero-order chi connectivity index (χ0) is 17.1. The van der Waals surface area contributed by atoms with Gasteiger partial charge in [-0.25, -0.2) is 0 Å². The topological polar surface area (TPSA) is 63.9 Å². The Labute approximate surface area is 146 Å². The van der Waals surface area contributed by atoms with Crippen LogP contribution in [0.4, 0.5) is 0 Å². The zero-order valence-electron chi connectivity index (χ0n) is 14.1. The lowest BCUT2D eigenvalue weighted by molar-refractivity contribution is -0.132. The van der Waals surface area contributed by atoms with Crippen LogP contribution in [0.25, 0.3) is 10.9 Å². The van der Waals surface area contributed by atoms with Gasteiger partial charge in [0.15, 0.2) is 0 Å². The van der Waals surface area contributed by atoms with Crippen molar-refractivity contribution in [2.75, 3.05) is 13.1 Å². The lowest BCUT2D eigenvalue weighted by Gasteiger charge is -2.32. The summed E-state index contributed by atoms with van der Waals surface area (Å²) in [5.74, 6) is 0.477. The van der Waals surface area contributed by atoms with Crippen molar-refractivity contribution in [2.45, 2.75) is 31.7 Å². The summed E-state index contributed by atoms with van der Waals surface area (Å²) in [5, 5.41) is 5.51. The highest BCUT2D eigenvalue weighted by Gasteiger charge is 2.25. The highest BCUT2D eigenvalue weighted by Crippen LogP contribution is 2.25. The van der Waals surface area contributed by atoms with E-state index < -0.39 is 0 Å². The second-order valence-electron chi connectivity index (χ2n) is 6.49. The van der Waals surface area contributed by atoms with Gasteiger partial charge in [0.1, 0.15) is 0 Å². The minimum absolute atomic E-state index is 0.188. The Kier molecular flexibility index (Phi) is 4.41. The first kappa shape index (κ1) is 15.7. The highest BCUT2D eigenvalue weighted by molar-refractivity contribution is 5.79. The first-order valence-corrected chi connectivity index (χ1v) is 8.75. The van der Waals surface area contributed by atoms with Crippen LogP contribution in [0, 0.1) is 0 Å². The molecule has 6 nitrogen and oxygen atoms in total. The lowest BCUT2D eigenvalue weighted by atomic mass is 9.95. The largest absolute Gasteiger partial charge is 0.342 e. The summed E-state index contributed by atoms with van der Waals surface area (Å²) in [5.41, 5.74) is 2.06. The smallest absolute Gasteiger partial charge is 0.224 e. The van der Waals surface area contributed by atoms with Crippen LogP contribution >= 0.6 is 0 Å². The van der Waals surface area contributed by atoms with E-state index in [1.165, 1.54) is 0 Å². The molecule has 128 valence electrons. The van der Waals surface area contributed by atoms with Crippen molar-refractivity contribution in [3.63, 3.8) is 0 Å². The average molecular weight is 335 g/mol. The summed E-state index contributed by atoms with van der Waals surface area (Å²) < 4.78 is 1.91. The molecular formula is C19H21N5O. The maximum Gasteiger partial charge on any atom is 0.224 e. The molecule has 0 saturated carbocycles. The monoisotopic (exact) mass is 335 g/mol. The van der Waals surface area contributed by atoms with Crippen LogP contribution in [0.1, 0.15) is 30.9 Å². The number of nitrogens with zero attached hydrogens (tertiary/aromatic N) is 5. The molecule has 0 aliphatic carbocycles. The van der Waals surface area contributed by atoms with Gasteiger partial charge in [-0.15, -0.1) is 0 Å². The first-order chi connectivity index (χ1) is 12.3. The summed E-state index contributed by atoms with van der Waals surface area (Å²) in [6.45, 7) is 2.17. The molecule has 3 aromatic rings. The van der Waals surface area contributed by atoms with Crippen molar-refractivity contribution in [1.82, 2.24) is 24.6 Å². The Bertz CT molecular complexity index is 860. The van der Waals surface area contributed by atoms with Gasteiger partial charge < -0.3 is 4.90 Å². The van der Waals surface area contributed by atoms with Gasteiger partial charge >= 0.3 is 0 Å². The van der Waals surface area contributed by atoms with E-state index in [2.05, 4.69) is 15.1 Å². The number of piperidine rings is 1. The van der Waals surface area contributed by atoms with Gasteiger partial charge in [-0.3, -0.25) is 19.4 Å². The van der Waals surface area contributed by atoms with Gasteiger partial charge in [0, 0.05) is 49.4 Å². The number of rotatable bonds is 4. The number of amides is 1. The molecule has 0 radical (unpaired) electrons. The fourth-order valence-electron chi connectivity index (χ4n) is 3.53. The van der Waals surface area contributed by atoms with E-state index in [9.17, 15) is 4.79 Å². The number of likely N-dealkylation sites (tertiary alicyclic amines) is 1. The number of benzene rings is 1. The van der Waals surface area contributed by atoms with Crippen LogP contribution in [0.5, 0.6) is 0 Å². The van der Waals surface area contributed by atoms with Crippen molar-refractivity contribution in [2.24, 2.45) is 0 Å². The minimum atomic E-state index is 0.188. The second kappa shape index (κ2) is 7.01. The van der Waals surface area contributed by atoms with Gasteiger partial charge in [0.2, 0.25) is 5.91 Å². The van der Waals surface area contributed by atoms with Crippen molar-refractivity contribution in [3.8, 4) is 0 Å². The van der Waals surface area contributed by atoms with E-state index in [0.29, 0.717) is 13.0 Å². The molecule has 0 unspecified atom stereocenters. The normalized spacial score (nSPS) is 17.8. The van der Waals surface area contributed by atoms with Crippen LogP contribution in [0.15, 0.2) is 49.1 Å². The zero-order valence-corrected chi connectivity index (χ0v) is 14.1. The molecule has 1 aliphatic rings. The molecule has 4 rings (SSSR count). The number of hydrogen-bond donors (Lipinski definition) is 0. The summed E-state index contributed by atoms with van der Waals surface area (Å²) in [4.78, 5) is 23.2. The summed E-state index contributed by atoms with van der Waals surface area (Å²) in [6, 6.07) is 8.08. The van der Waals surface area contributed by atoms with E-state index in [1.54, 1.807) is 12.4 Å². The van der Waals surface area contributed by atoms with E-state index in [1.807, 2.05) is 46.2 Å². The van der Waals surface area contributed by atoms with Crippen molar-refractivity contribution < 1.29 is 4.79 Å². The molecule has 1 amide bonds. The summed E-state index contributed by atoms with van der Waals surface area (Å²) >= 11 is 0. The first-order valence-electron chi connectivity index (χ1n) is 8.75. The Balaban J connectivity index is 1.39. The van der Waals surface area contributed by atoms with Gasteiger partial charge in [-0.2, -0.15) is 5.10 Å². The van der Waals surface area contributed by atoms with Crippen LogP contribution in [0.2, 0.25) is 0 Å². The van der Waals surface area contributed by atoms with Gasteiger partial charge in [-0.1, -0.05) is 18.2 Å². The molecule has 0 N–H and O–H groups in total. The third-order valence-corrected chi connectivity index (χ3v) is 4.86. The number of aromatic nitrogens is 4. The molecule has 25 heavy (non-hydrogen) atoms. The average Bonchev–Trinajstić information content (AvgIpc) is 3.10. The number of fused-ring (bicyclic) bond motifs is 1. The third kappa shape index (κ3) is 3.38. The maximum absolute atomic E-state index is 12.7. The molecule has 0 bridgehead atoms. The van der Waals surface area contributed by atoms with Gasteiger partial charge in [0.25, 0.3) is 0 Å². The minimum Gasteiger partial charge on any atom is -0.342 e. The predicted octanol–water partition coefficient (Wildman–Crippen LogP) is 2.62. The molecule has 6 heteroatoms. The molecule has 1 aromatic carbocycles. The Hall–Kier alpha value is -2.76. The van der Waals surface area contributed by atoms with Crippen molar-refractivity contribution in [1.29, 1.82) is 0 Å². The molecule has 3 heterocycles. The van der Waals surface area contributed by atoms with Crippen LogP contribution in [-0.2, 0) is 11.3 Å². The van der Waals surface area contributed by atoms with E-state index >= 15 is 0 Å². The lowest BCUT2D eigenvalue weighted by Crippen LogP contribution is -2.39. The van der Waals surface area contributed by atoms with Crippen molar-refractivity contribution in [3.05, 3.63) is 54.7 Å². The fourth-order valence-corrected chi connectivity index (χ4v) is 3.53. The summed E-state index contributed by atoms with van der Waals surface area (Å²) in [6.07, 6.45) is 9.62. The summed E-state index contributed by atoms with van der Waals surface area (Å²) in [7, 11) is 0. The Morgan fingerprint density at radius 1 is 1.20 bits per heavy atom. The van der Waals surface area contributed by atoms with Gasteiger partial charge in [0.05, 0.1) is 24.0 Å². The van der Waals surface area contributed by atoms with Crippen LogP contribution in [-0.4, -0.2) is 43.6 Å². The number of carbonyl (C=O) groups is 1. The van der Waals surface area contributed by atoms with Crippen LogP contribution < -0.4 is 0 Å².